The Kier molecular flexibility index (Phi) is 4.94. The van der Waals surface area contributed by atoms with Crippen molar-refractivity contribution in [3.63, 3.8) is 0 Å². The van der Waals surface area contributed by atoms with Crippen molar-refractivity contribution in [2.45, 2.75) is 64.0 Å². The van der Waals surface area contributed by atoms with Crippen LogP contribution in [0.15, 0.2) is 0 Å². The van der Waals surface area contributed by atoms with E-state index in [1.165, 1.54) is 12.8 Å². The average Bonchev–Trinajstić information content (AvgIpc) is 2.66. The van der Waals surface area contributed by atoms with Gasteiger partial charge >= 0.3 is 5.97 Å². The van der Waals surface area contributed by atoms with Crippen molar-refractivity contribution >= 4 is 5.97 Å². The van der Waals surface area contributed by atoms with Gasteiger partial charge in [0.05, 0.1) is 0 Å². The standard InChI is InChI=1S/C11H21NO2/c1-2-3-8-10(12)11(13)14-9-6-4-5-7-9/h9-10H,2-8,12H2,1H3. The lowest BCUT2D eigenvalue weighted by molar-refractivity contribution is -0.150. The summed E-state index contributed by atoms with van der Waals surface area (Å²) < 4.78 is 5.31. The second-order valence-corrected chi connectivity index (χ2v) is 4.09. The Hall–Kier alpha value is -0.570. The van der Waals surface area contributed by atoms with Crippen molar-refractivity contribution in [1.82, 2.24) is 0 Å². The zero-order valence-corrected chi connectivity index (χ0v) is 9.00. The molecule has 3 nitrogen and oxygen atoms in total. The van der Waals surface area contributed by atoms with Crippen LogP contribution in [0, 0.1) is 0 Å². The number of esters is 1. The van der Waals surface area contributed by atoms with Crippen LogP contribution in [0.4, 0.5) is 0 Å². The van der Waals surface area contributed by atoms with Gasteiger partial charge < -0.3 is 10.5 Å². The molecular formula is C11H21NO2. The molecule has 1 rings (SSSR count). The molecule has 0 aromatic rings. The van der Waals surface area contributed by atoms with Gasteiger partial charge in [-0.05, 0) is 32.1 Å². The number of carbonyl (C=O) groups excluding carboxylic acids is 1. The zero-order chi connectivity index (χ0) is 10.4. The van der Waals surface area contributed by atoms with Gasteiger partial charge in [0, 0.05) is 0 Å². The highest BCUT2D eigenvalue weighted by atomic mass is 16.5. The van der Waals surface area contributed by atoms with Crippen LogP contribution in [-0.4, -0.2) is 18.1 Å². The normalized spacial score (nSPS) is 19.6. The predicted octanol–water partition coefficient (Wildman–Crippen LogP) is 1.99. The molecule has 0 radical (unpaired) electrons. The van der Waals surface area contributed by atoms with E-state index >= 15 is 0 Å². The number of rotatable bonds is 5. The Labute approximate surface area is 86.0 Å². The SMILES string of the molecule is CCCCC(N)C(=O)OC1CCCC1. The second-order valence-electron chi connectivity index (χ2n) is 4.09. The number of unbranched alkanes of at least 4 members (excludes halogenated alkanes) is 1. The molecule has 1 saturated carbocycles. The van der Waals surface area contributed by atoms with Gasteiger partial charge in [0.1, 0.15) is 12.1 Å². The van der Waals surface area contributed by atoms with E-state index in [0.717, 1.165) is 32.1 Å². The highest BCUT2D eigenvalue weighted by Gasteiger charge is 2.22. The van der Waals surface area contributed by atoms with Gasteiger partial charge in [0.25, 0.3) is 0 Å². The van der Waals surface area contributed by atoms with Crippen LogP contribution in [0.25, 0.3) is 0 Å². The van der Waals surface area contributed by atoms with Gasteiger partial charge in [-0.15, -0.1) is 0 Å². The van der Waals surface area contributed by atoms with E-state index in [1.807, 2.05) is 0 Å². The monoisotopic (exact) mass is 199 g/mol. The lowest BCUT2D eigenvalue weighted by Gasteiger charge is -2.15. The third kappa shape index (κ3) is 3.66. The predicted molar refractivity (Wildman–Crippen MR) is 55.8 cm³/mol. The first-order valence-electron chi connectivity index (χ1n) is 5.70. The minimum absolute atomic E-state index is 0.148. The van der Waals surface area contributed by atoms with E-state index in [4.69, 9.17) is 10.5 Å². The largest absolute Gasteiger partial charge is 0.461 e. The molecular weight excluding hydrogens is 178 g/mol. The molecule has 2 N–H and O–H groups in total. The van der Waals surface area contributed by atoms with E-state index < -0.39 is 6.04 Å². The molecule has 0 spiro atoms. The molecule has 1 atom stereocenters. The lowest BCUT2D eigenvalue weighted by atomic mass is 10.1. The Morgan fingerprint density at radius 2 is 2.14 bits per heavy atom. The van der Waals surface area contributed by atoms with Crippen molar-refractivity contribution < 1.29 is 9.53 Å². The molecule has 14 heavy (non-hydrogen) atoms. The number of carbonyl (C=O) groups is 1. The number of hydrogen-bond acceptors (Lipinski definition) is 3. The molecule has 82 valence electrons. The fourth-order valence-corrected chi connectivity index (χ4v) is 1.80. The first-order chi connectivity index (χ1) is 6.74. The van der Waals surface area contributed by atoms with Gasteiger partial charge in [0.15, 0.2) is 0 Å². The Morgan fingerprint density at radius 3 is 2.71 bits per heavy atom. The summed E-state index contributed by atoms with van der Waals surface area (Å²) in [5.74, 6) is -0.203. The summed E-state index contributed by atoms with van der Waals surface area (Å²) in [6.07, 6.45) is 7.38. The average molecular weight is 199 g/mol. The highest BCUT2D eigenvalue weighted by molar-refractivity contribution is 5.75. The maximum absolute atomic E-state index is 11.5. The van der Waals surface area contributed by atoms with Crippen molar-refractivity contribution in [2.24, 2.45) is 5.73 Å². The number of ether oxygens (including phenoxy) is 1. The van der Waals surface area contributed by atoms with Crippen LogP contribution in [0.1, 0.15) is 51.9 Å². The molecule has 0 aromatic heterocycles. The second kappa shape index (κ2) is 6.02. The van der Waals surface area contributed by atoms with Crippen LogP contribution >= 0.6 is 0 Å². The van der Waals surface area contributed by atoms with Crippen molar-refractivity contribution in [3.05, 3.63) is 0 Å². The fourth-order valence-electron chi connectivity index (χ4n) is 1.80. The van der Waals surface area contributed by atoms with E-state index in [9.17, 15) is 4.79 Å². The highest BCUT2D eigenvalue weighted by Crippen LogP contribution is 2.21. The summed E-state index contributed by atoms with van der Waals surface area (Å²) in [5, 5.41) is 0. The lowest BCUT2D eigenvalue weighted by Crippen LogP contribution is -2.34. The quantitative estimate of drug-likeness (QED) is 0.689. The Balaban J connectivity index is 2.18. The molecule has 1 unspecified atom stereocenters. The minimum atomic E-state index is -0.407. The first-order valence-corrected chi connectivity index (χ1v) is 5.70. The van der Waals surface area contributed by atoms with Crippen LogP contribution < -0.4 is 5.73 Å². The van der Waals surface area contributed by atoms with Crippen LogP contribution in [0.2, 0.25) is 0 Å². The third-order valence-electron chi connectivity index (χ3n) is 2.76. The van der Waals surface area contributed by atoms with Crippen LogP contribution in [-0.2, 0) is 9.53 Å². The Morgan fingerprint density at radius 1 is 1.50 bits per heavy atom. The molecule has 1 aliphatic rings. The van der Waals surface area contributed by atoms with E-state index in [-0.39, 0.29) is 12.1 Å². The topological polar surface area (TPSA) is 52.3 Å². The molecule has 0 heterocycles. The van der Waals surface area contributed by atoms with Crippen molar-refractivity contribution in [2.75, 3.05) is 0 Å². The molecule has 0 saturated heterocycles. The van der Waals surface area contributed by atoms with Gasteiger partial charge in [-0.3, -0.25) is 4.79 Å². The van der Waals surface area contributed by atoms with E-state index in [2.05, 4.69) is 6.92 Å². The molecule has 1 aliphatic carbocycles. The third-order valence-corrected chi connectivity index (χ3v) is 2.76. The summed E-state index contributed by atoms with van der Waals surface area (Å²) in [4.78, 5) is 11.5. The first kappa shape index (κ1) is 11.5. The van der Waals surface area contributed by atoms with Crippen molar-refractivity contribution in [1.29, 1.82) is 0 Å². The zero-order valence-electron chi connectivity index (χ0n) is 9.00. The number of hydrogen-bond donors (Lipinski definition) is 1. The summed E-state index contributed by atoms with van der Waals surface area (Å²) in [6.45, 7) is 2.09. The molecule has 0 bridgehead atoms. The molecule has 3 heteroatoms. The fraction of sp³-hybridized carbons (Fsp3) is 0.909. The van der Waals surface area contributed by atoms with Gasteiger partial charge in [0.2, 0.25) is 0 Å². The molecule has 0 amide bonds. The molecule has 1 fully saturated rings. The summed E-state index contributed by atoms with van der Waals surface area (Å²) in [5.41, 5.74) is 5.71. The van der Waals surface area contributed by atoms with Crippen molar-refractivity contribution in [3.8, 4) is 0 Å². The number of nitrogens with two attached hydrogens (primary N) is 1. The minimum Gasteiger partial charge on any atom is -0.461 e. The summed E-state index contributed by atoms with van der Waals surface area (Å²) in [7, 11) is 0. The Bertz CT molecular complexity index is 176. The summed E-state index contributed by atoms with van der Waals surface area (Å²) >= 11 is 0. The van der Waals surface area contributed by atoms with Gasteiger partial charge in [-0.2, -0.15) is 0 Å². The smallest absolute Gasteiger partial charge is 0.323 e. The van der Waals surface area contributed by atoms with E-state index in [1.54, 1.807) is 0 Å². The van der Waals surface area contributed by atoms with Crippen LogP contribution in [0.3, 0.4) is 0 Å². The maximum atomic E-state index is 11.5. The van der Waals surface area contributed by atoms with Gasteiger partial charge in [-0.25, -0.2) is 0 Å². The van der Waals surface area contributed by atoms with Gasteiger partial charge in [-0.1, -0.05) is 19.8 Å². The maximum Gasteiger partial charge on any atom is 0.323 e. The molecule has 0 aromatic carbocycles. The van der Waals surface area contributed by atoms with E-state index in [0.29, 0.717) is 0 Å². The summed E-state index contributed by atoms with van der Waals surface area (Å²) in [6, 6.07) is -0.407. The van der Waals surface area contributed by atoms with Crippen LogP contribution in [0.5, 0.6) is 0 Å². The molecule has 0 aliphatic heterocycles.